The molecule has 0 fully saturated rings. The zero-order valence-electron chi connectivity index (χ0n) is 12.3. The van der Waals surface area contributed by atoms with Crippen molar-refractivity contribution in [3.8, 4) is 0 Å². The lowest BCUT2D eigenvalue weighted by Crippen LogP contribution is -2.27. The van der Waals surface area contributed by atoms with Gasteiger partial charge in [0.2, 0.25) is 0 Å². The summed E-state index contributed by atoms with van der Waals surface area (Å²) in [7, 11) is -3.11. The minimum atomic E-state index is -3.11. The largest absolute Gasteiger partial charge is 0.310 e. The number of sulfone groups is 1. The first-order chi connectivity index (χ1) is 8.93. The van der Waals surface area contributed by atoms with Crippen LogP contribution in [0.2, 0.25) is 0 Å². The van der Waals surface area contributed by atoms with Gasteiger partial charge in [-0.3, -0.25) is 0 Å². The third kappa shape index (κ3) is 4.32. The van der Waals surface area contributed by atoms with Crippen molar-refractivity contribution < 1.29 is 8.42 Å². The number of benzene rings is 1. The Morgan fingerprint density at radius 2 is 1.58 bits per heavy atom. The van der Waals surface area contributed by atoms with Crippen LogP contribution in [0.1, 0.15) is 45.2 Å². The molecule has 3 nitrogen and oxygen atoms in total. The fourth-order valence-electron chi connectivity index (χ4n) is 2.46. The van der Waals surface area contributed by atoms with Crippen LogP contribution in [0.3, 0.4) is 0 Å². The SMILES string of the molecule is CCNC(c1ccc(S(C)(=O)=O)cc1)C(CC)CC. The van der Waals surface area contributed by atoms with Crippen molar-refractivity contribution in [1.82, 2.24) is 5.32 Å². The Labute approximate surface area is 117 Å². The van der Waals surface area contributed by atoms with Crippen molar-refractivity contribution in [2.75, 3.05) is 12.8 Å². The molecule has 4 heteroatoms. The second-order valence-corrected chi connectivity index (χ2v) is 6.97. The summed E-state index contributed by atoms with van der Waals surface area (Å²) in [6.45, 7) is 7.40. The Balaban J connectivity index is 3.04. The number of hydrogen-bond donors (Lipinski definition) is 1. The van der Waals surface area contributed by atoms with Gasteiger partial charge in [-0.2, -0.15) is 0 Å². The predicted octanol–water partition coefficient (Wildman–Crippen LogP) is 3.18. The minimum Gasteiger partial charge on any atom is -0.310 e. The molecule has 19 heavy (non-hydrogen) atoms. The van der Waals surface area contributed by atoms with E-state index in [0.29, 0.717) is 16.9 Å². The highest BCUT2D eigenvalue weighted by atomic mass is 32.2. The molecule has 0 saturated carbocycles. The first-order valence-electron chi connectivity index (χ1n) is 6.97. The summed E-state index contributed by atoms with van der Waals surface area (Å²) in [6.07, 6.45) is 3.47. The van der Waals surface area contributed by atoms with E-state index in [4.69, 9.17) is 0 Å². The van der Waals surface area contributed by atoms with Gasteiger partial charge in [0.1, 0.15) is 0 Å². The second kappa shape index (κ2) is 7.06. The van der Waals surface area contributed by atoms with Crippen molar-refractivity contribution in [2.24, 2.45) is 5.92 Å². The summed E-state index contributed by atoms with van der Waals surface area (Å²) in [6, 6.07) is 7.58. The molecule has 0 saturated heterocycles. The molecule has 1 N–H and O–H groups in total. The summed E-state index contributed by atoms with van der Waals surface area (Å²) in [5.41, 5.74) is 1.17. The Morgan fingerprint density at radius 1 is 1.05 bits per heavy atom. The van der Waals surface area contributed by atoms with Crippen LogP contribution >= 0.6 is 0 Å². The maximum Gasteiger partial charge on any atom is 0.175 e. The van der Waals surface area contributed by atoms with Crippen molar-refractivity contribution in [1.29, 1.82) is 0 Å². The average Bonchev–Trinajstić information content (AvgIpc) is 2.38. The van der Waals surface area contributed by atoms with Gasteiger partial charge in [-0.1, -0.05) is 45.7 Å². The molecule has 1 aromatic rings. The normalized spacial score (nSPS) is 13.7. The van der Waals surface area contributed by atoms with Crippen LogP contribution in [-0.4, -0.2) is 21.2 Å². The van der Waals surface area contributed by atoms with Crippen molar-refractivity contribution in [2.45, 2.75) is 44.6 Å². The predicted molar refractivity (Wildman–Crippen MR) is 80.0 cm³/mol. The lowest BCUT2D eigenvalue weighted by Gasteiger charge is -2.26. The Kier molecular flexibility index (Phi) is 6.01. The van der Waals surface area contributed by atoms with Crippen LogP contribution in [0.4, 0.5) is 0 Å². The summed E-state index contributed by atoms with van der Waals surface area (Å²) >= 11 is 0. The molecule has 0 spiro atoms. The van der Waals surface area contributed by atoms with Crippen LogP contribution in [0.25, 0.3) is 0 Å². The van der Waals surface area contributed by atoms with Crippen LogP contribution < -0.4 is 5.32 Å². The Bertz CT molecular complexity index is 475. The smallest absolute Gasteiger partial charge is 0.175 e. The average molecular weight is 283 g/mol. The summed E-state index contributed by atoms with van der Waals surface area (Å²) in [5.74, 6) is 0.573. The van der Waals surface area contributed by atoms with Crippen molar-refractivity contribution in [3.05, 3.63) is 29.8 Å². The van der Waals surface area contributed by atoms with Crippen LogP contribution in [-0.2, 0) is 9.84 Å². The molecule has 0 aliphatic heterocycles. The highest BCUT2D eigenvalue weighted by Gasteiger charge is 2.19. The van der Waals surface area contributed by atoms with Gasteiger partial charge < -0.3 is 5.32 Å². The first kappa shape index (κ1) is 16.2. The van der Waals surface area contributed by atoms with Gasteiger partial charge in [-0.25, -0.2) is 8.42 Å². The molecule has 1 rings (SSSR count). The van der Waals surface area contributed by atoms with E-state index in [2.05, 4.69) is 26.1 Å². The lowest BCUT2D eigenvalue weighted by atomic mass is 9.89. The van der Waals surface area contributed by atoms with E-state index >= 15 is 0 Å². The van der Waals surface area contributed by atoms with E-state index in [1.54, 1.807) is 12.1 Å². The summed E-state index contributed by atoms with van der Waals surface area (Å²) in [4.78, 5) is 0.385. The van der Waals surface area contributed by atoms with E-state index in [9.17, 15) is 8.42 Å². The monoisotopic (exact) mass is 283 g/mol. The van der Waals surface area contributed by atoms with E-state index < -0.39 is 9.84 Å². The van der Waals surface area contributed by atoms with E-state index in [1.165, 1.54) is 11.8 Å². The molecule has 1 unspecified atom stereocenters. The first-order valence-corrected chi connectivity index (χ1v) is 8.86. The summed E-state index contributed by atoms with van der Waals surface area (Å²) in [5, 5.41) is 3.51. The fraction of sp³-hybridized carbons (Fsp3) is 0.600. The van der Waals surface area contributed by atoms with Crippen molar-refractivity contribution >= 4 is 9.84 Å². The Hall–Kier alpha value is -0.870. The van der Waals surface area contributed by atoms with Gasteiger partial charge in [-0.05, 0) is 30.2 Å². The molecule has 0 aliphatic carbocycles. The molecule has 0 amide bonds. The molecular formula is C15H25NO2S. The molecule has 0 bridgehead atoms. The van der Waals surface area contributed by atoms with Gasteiger partial charge in [-0.15, -0.1) is 0 Å². The quantitative estimate of drug-likeness (QED) is 0.836. The van der Waals surface area contributed by atoms with Crippen LogP contribution in [0, 0.1) is 5.92 Å². The third-order valence-electron chi connectivity index (χ3n) is 3.61. The molecular weight excluding hydrogens is 258 g/mol. The second-order valence-electron chi connectivity index (χ2n) is 4.95. The van der Waals surface area contributed by atoms with Crippen molar-refractivity contribution in [3.63, 3.8) is 0 Å². The van der Waals surface area contributed by atoms with Gasteiger partial charge >= 0.3 is 0 Å². The number of rotatable bonds is 7. The van der Waals surface area contributed by atoms with E-state index in [0.717, 1.165) is 19.4 Å². The zero-order valence-corrected chi connectivity index (χ0v) is 13.1. The van der Waals surface area contributed by atoms with E-state index in [-0.39, 0.29) is 0 Å². The van der Waals surface area contributed by atoms with Gasteiger partial charge in [0.15, 0.2) is 9.84 Å². The highest BCUT2D eigenvalue weighted by Crippen LogP contribution is 2.28. The maximum absolute atomic E-state index is 11.5. The topological polar surface area (TPSA) is 46.2 Å². The summed E-state index contributed by atoms with van der Waals surface area (Å²) < 4.78 is 22.9. The molecule has 0 heterocycles. The minimum absolute atomic E-state index is 0.300. The molecule has 1 aromatic carbocycles. The zero-order chi connectivity index (χ0) is 14.5. The lowest BCUT2D eigenvalue weighted by molar-refractivity contribution is 0.346. The van der Waals surface area contributed by atoms with Crippen LogP contribution in [0.5, 0.6) is 0 Å². The van der Waals surface area contributed by atoms with Crippen LogP contribution in [0.15, 0.2) is 29.2 Å². The van der Waals surface area contributed by atoms with Gasteiger partial charge in [0.05, 0.1) is 4.90 Å². The maximum atomic E-state index is 11.5. The number of nitrogens with one attached hydrogen (secondary N) is 1. The molecule has 0 aliphatic rings. The molecule has 0 radical (unpaired) electrons. The van der Waals surface area contributed by atoms with E-state index in [1.807, 2.05) is 12.1 Å². The highest BCUT2D eigenvalue weighted by molar-refractivity contribution is 7.90. The Morgan fingerprint density at radius 3 is 1.95 bits per heavy atom. The standard InChI is InChI=1S/C15H25NO2S/c1-5-12(6-2)15(16-7-3)13-8-10-14(11-9-13)19(4,17)18/h8-12,15-16H,5-7H2,1-4H3. The molecule has 1 atom stereocenters. The van der Waals surface area contributed by atoms with Gasteiger partial charge in [0, 0.05) is 12.3 Å². The number of hydrogen-bond acceptors (Lipinski definition) is 3. The molecule has 0 aromatic heterocycles. The molecule has 108 valence electrons. The third-order valence-corrected chi connectivity index (χ3v) is 4.74. The van der Waals surface area contributed by atoms with Gasteiger partial charge in [0.25, 0.3) is 0 Å². The fourth-order valence-corrected chi connectivity index (χ4v) is 3.09.